The van der Waals surface area contributed by atoms with E-state index in [2.05, 4.69) is 16.1 Å². The van der Waals surface area contributed by atoms with Crippen molar-refractivity contribution in [1.29, 1.82) is 0 Å². The topological polar surface area (TPSA) is 54.9 Å². The van der Waals surface area contributed by atoms with Gasteiger partial charge in [-0.25, -0.2) is 0 Å². The second kappa shape index (κ2) is 8.24. The summed E-state index contributed by atoms with van der Waals surface area (Å²) in [5.41, 5.74) is 0.487. The summed E-state index contributed by atoms with van der Waals surface area (Å²) < 4.78 is 10.3. The van der Waals surface area contributed by atoms with Crippen molar-refractivity contribution in [3.8, 4) is 11.8 Å². The van der Waals surface area contributed by atoms with Gasteiger partial charge in [-0.1, -0.05) is 0 Å². The van der Waals surface area contributed by atoms with E-state index in [-0.39, 0.29) is 5.91 Å². The van der Waals surface area contributed by atoms with Gasteiger partial charge >= 0.3 is 0 Å². The largest absolute Gasteiger partial charge is 0.481 e. The van der Waals surface area contributed by atoms with Crippen molar-refractivity contribution < 1.29 is 14.3 Å². The van der Waals surface area contributed by atoms with E-state index >= 15 is 0 Å². The molecule has 0 unspecified atom stereocenters. The van der Waals surface area contributed by atoms with Crippen LogP contribution in [0.15, 0.2) is 12.1 Å². The maximum atomic E-state index is 12.6. The van der Waals surface area contributed by atoms with E-state index in [0.29, 0.717) is 17.3 Å². The number of thioether (sulfide) groups is 1. The molecule has 0 spiro atoms. The number of carbonyl (C=O) groups is 1. The summed E-state index contributed by atoms with van der Waals surface area (Å²) in [5, 5.41) is 0. The third-order valence-corrected chi connectivity index (χ3v) is 4.33. The van der Waals surface area contributed by atoms with Gasteiger partial charge in [-0.3, -0.25) is 9.69 Å². The van der Waals surface area contributed by atoms with Crippen LogP contribution in [0.2, 0.25) is 0 Å². The van der Waals surface area contributed by atoms with Gasteiger partial charge in [0.2, 0.25) is 11.8 Å². The molecule has 6 nitrogen and oxygen atoms in total. The molecule has 1 aliphatic heterocycles. The molecule has 0 aromatic carbocycles. The zero-order valence-electron chi connectivity index (χ0n) is 13.4. The summed E-state index contributed by atoms with van der Waals surface area (Å²) in [6.45, 7) is 4.39. The second-order valence-electron chi connectivity index (χ2n) is 5.04. The Morgan fingerprint density at radius 2 is 1.95 bits per heavy atom. The Bertz CT molecular complexity index is 505. The number of hydrogen-bond donors (Lipinski definition) is 0. The quantitative estimate of drug-likeness (QED) is 0.784. The number of hydrogen-bond acceptors (Lipinski definition) is 6. The average molecular weight is 325 g/mol. The molecule has 0 bridgehead atoms. The van der Waals surface area contributed by atoms with Gasteiger partial charge in [0.15, 0.2) is 0 Å². The molecule has 1 aromatic heterocycles. The minimum atomic E-state index is -0.0310. The molecule has 0 radical (unpaired) electrons. The highest BCUT2D eigenvalue weighted by molar-refractivity contribution is 7.98. The first-order valence-corrected chi connectivity index (χ1v) is 8.68. The van der Waals surface area contributed by atoms with E-state index in [1.807, 2.05) is 16.7 Å². The van der Waals surface area contributed by atoms with Crippen molar-refractivity contribution in [2.45, 2.75) is 0 Å². The zero-order valence-corrected chi connectivity index (χ0v) is 14.2. The highest BCUT2D eigenvalue weighted by Crippen LogP contribution is 2.22. The van der Waals surface area contributed by atoms with Crippen LogP contribution in [0.3, 0.4) is 0 Å². The second-order valence-corrected chi connectivity index (χ2v) is 6.02. The number of aromatic nitrogens is 1. The van der Waals surface area contributed by atoms with Gasteiger partial charge in [0.25, 0.3) is 5.91 Å². The molecule has 2 rings (SSSR count). The number of carbonyl (C=O) groups excluding carboxylic acids is 1. The van der Waals surface area contributed by atoms with Crippen molar-refractivity contribution in [2.75, 3.05) is 59.0 Å². The van der Waals surface area contributed by atoms with Crippen molar-refractivity contribution in [1.82, 2.24) is 14.8 Å². The Balaban J connectivity index is 2.00. The average Bonchev–Trinajstić information content (AvgIpc) is 2.59. The molecular weight excluding hydrogens is 302 g/mol. The van der Waals surface area contributed by atoms with Crippen LogP contribution in [0.5, 0.6) is 11.8 Å². The lowest BCUT2D eigenvalue weighted by Crippen LogP contribution is -2.49. The fourth-order valence-electron chi connectivity index (χ4n) is 2.42. The van der Waals surface area contributed by atoms with Crippen LogP contribution in [0.25, 0.3) is 0 Å². The molecule has 0 saturated carbocycles. The molecule has 0 aliphatic carbocycles. The molecule has 1 amide bonds. The first-order valence-electron chi connectivity index (χ1n) is 7.29. The highest BCUT2D eigenvalue weighted by Gasteiger charge is 2.24. The molecule has 122 valence electrons. The maximum absolute atomic E-state index is 12.6. The Hall–Kier alpha value is -1.47. The molecule has 1 aliphatic rings. The number of piperazine rings is 1. The summed E-state index contributed by atoms with van der Waals surface area (Å²) in [6.07, 6.45) is 2.11. The van der Waals surface area contributed by atoms with Crippen LogP contribution in [0.4, 0.5) is 0 Å². The number of rotatable bonds is 6. The Kier molecular flexibility index (Phi) is 6.33. The van der Waals surface area contributed by atoms with Gasteiger partial charge < -0.3 is 14.4 Å². The first kappa shape index (κ1) is 16.9. The van der Waals surface area contributed by atoms with E-state index in [1.165, 1.54) is 14.2 Å². The van der Waals surface area contributed by atoms with Crippen LogP contribution in [0, 0.1) is 0 Å². The standard InChI is InChI=1S/C15H23N3O3S/c1-20-13-5-4-12(14(16-13)21-2)15(19)18-8-6-17(7-9-18)10-11-22-3/h4-5H,6-11H2,1-3H3. The van der Waals surface area contributed by atoms with E-state index in [4.69, 9.17) is 9.47 Å². The maximum Gasteiger partial charge on any atom is 0.259 e. The molecule has 0 atom stereocenters. The molecule has 1 saturated heterocycles. The van der Waals surface area contributed by atoms with Gasteiger partial charge in [0.05, 0.1) is 14.2 Å². The van der Waals surface area contributed by atoms with E-state index in [0.717, 1.165) is 38.5 Å². The van der Waals surface area contributed by atoms with Crippen molar-refractivity contribution in [2.24, 2.45) is 0 Å². The summed E-state index contributed by atoms with van der Waals surface area (Å²) in [4.78, 5) is 21.1. The number of methoxy groups -OCH3 is 2. The van der Waals surface area contributed by atoms with Crippen molar-refractivity contribution in [3.63, 3.8) is 0 Å². The predicted molar refractivity (Wildman–Crippen MR) is 88.1 cm³/mol. The van der Waals surface area contributed by atoms with Gasteiger partial charge in [-0.2, -0.15) is 16.7 Å². The summed E-state index contributed by atoms with van der Waals surface area (Å²) in [6, 6.07) is 3.40. The minimum Gasteiger partial charge on any atom is -0.481 e. The summed E-state index contributed by atoms with van der Waals surface area (Å²) >= 11 is 1.85. The van der Waals surface area contributed by atoms with Gasteiger partial charge in [0.1, 0.15) is 5.56 Å². The monoisotopic (exact) mass is 325 g/mol. The van der Waals surface area contributed by atoms with Crippen LogP contribution in [-0.4, -0.2) is 79.6 Å². The van der Waals surface area contributed by atoms with Crippen LogP contribution >= 0.6 is 11.8 Å². The Morgan fingerprint density at radius 3 is 2.55 bits per heavy atom. The Labute approximate surface area is 135 Å². The smallest absolute Gasteiger partial charge is 0.259 e. The highest BCUT2D eigenvalue weighted by atomic mass is 32.2. The third-order valence-electron chi connectivity index (χ3n) is 3.74. The van der Waals surface area contributed by atoms with Crippen LogP contribution < -0.4 is 9.47 Å². The molecule has 2 heterocycles. The van der Waals surface area contributed by atoms with Crippen LogP contribution in [0.1, 0.15) is 10.4 Å². The lowest BCUT2D eigenvalue weighted by Gasteiger charge is -2.34. The fraction of sp³-hybridized carbons (Fsp3) is 0.600. The Morgan fingerprint density at radius 1 is 1.23 bits per heavy atom. The van der Waals surface area contributed by atoms with E-state index in [9.17, 15) is 4.79 Å². The normalized spacial score (nSPS) is 15.7. The van der Waals surface area contributed by atoms with Crippen molar-refractivity contribution >= 4 is 17.7 Å². The number of ether oxygens (including phenoxy) is 2. The summed E-state index contributed by atoms with van der Waals surface area (Å²) in [7, 11) is 3.05. The lowest BCUT2D eigenvalue weighted by atomic mass is 10.2. The molecule has 1 aromatic rings. The lowest BCUT2D eigenvalue weighted by molar-refractivity contribution is 0.0640. The molecule has 0 N–H and O–H groups in total. The SMILES string of the molecule is COc1ccc(C(=O)N2CCN(CCSC)CC2)c(OC)n1. The number of pyridine rings is 1. The van der Waals surface area contributed by atoms with Gasteiger partial charge in [0, 0.05) is 44.5 Å². The van der Waals surface area contributed by atoms with Crippen molar-refractivity contribution in [3.05, 3.63) is 17.7 Å². The molecule has 22 heavy (non-hydrogen) atoms. The molecule has 1 fully saturated rings. The predicted octanol–water partition coefficient (Wildman–Crippen LogP) is 1.22. The fourth-order valence-corrected chi connectivity index (χ4v) is 2.86. The van der Waals surface area contributed by atoms with E-state index < -0.39 is 0 Å². The zero-order chi connectivity index (χ0) is 15.9. The third kappa shape index (κ3) is 4.04. The molecule has 7 heteroatoms. The van der Waals surface area contributed by atoms with E-state index in [1.54, 1.807) is 12.1 Å². The van der Waals surface area contributed by atoms with Crippen LogP contribution in [-0.2, 0) is 0 Å². The number of amides is 1. The summed E-state index contributed by atoms with van der Waals surface area (Å²) in [5.74, 6) is 1.85. The molecular formula is C15H23N3O3S. The first-order chi connectivity index (χ1) is 10.7. The van der Waals surface area contributed by atoms with Gasteiger partial charge in [-0.15, -0.1) is 0 Å². The number of nitrogens with zero attached hydrogens (tertiary/aromatic N) is 3. The van der Waals surface area contributed by atoms with Gasteiger partial charge in [-0.05, 0) is 12.3 Å². The minimum absolute atomic E-state index is 0.0310.